The van der Waals surface area contributed by atoms with E-state index >= 15 is 0 Å². The van der Waals surface area contributed by atoms with E-state index in [9.17, 15) is 9.59 Å². The number of amides is 1. The number of carbonyl (C=O) groups excluding carboxylic acids is 2. The van der Waals surface area contributed by atoms with Crippen LogP contribution >= 0.6 is 0 Å². The molecule has 0 unspecified atom stereocenters. The number of nitrogens with zero attached hydrogens (tertiary/aromatic N) is 3. The zero-order valence-corrected chi connectivity index (χ0v) is 22.4. The third-order valence-electron chi connectivity index (χ3n) is 7.88. The molecule has 0 radical (unpaired) electrons. The summed E-state index contributed by atoms with van der Waals surface area (Å²) >= 11 is 0. The summed E-state index contributed by atoms with van der Waals surface area (Å²) in [7, 11) is 1.34. The van der Waals surface area contributed by atoms with Crippen LogP contribution in [0.25, 0.3) is 10.9 Å². The molecule has 2 fully saturated rings. The highest BCUT2D eigenvalue weighted by Crippen LogP contribution is 2.31. The molecule has 0 aliphatic carbocycles. The number of piperidine rings is 1. The van der Waals surface area contributed by atoms with Gasteiger partial charge in [0.2, 0.25) is 0 Å². The van der Waals surface area contributed by atoms with Gasteiger partial charge in [0.1, 0.15) is 5.69 Å². The van der Waals surface area contributed by atoms with Gasteiger partial charge in [-0.15, -0.1) is 0 Å². The Bertz CT molecular complexity index is 1350. The number of benzene rings is 1. The Morgan fingerprint density at radius 3 is 2.72 bits per heavy atom. The number of carbonyl (C=O) groups is 2. The number of pyridine rings is 2. The minimum absolute atomic E-state index is 0.0623. The number of Topliss-reactive ketones (excluding diaryl/α,β-unsaturated/α-hetero) is 1. The SMILES string of the molecule is COC(=O)N[C@@H]1[C@H](N)CN(c2ccncc2CC(=O)c2nc3cc(C4CCOCC4)ccc3cc2N)C[C@@H]1C. The van der Waals surface area contributed by atoms with Gasteiger partial charge in [0, 0.05) is 67.8 Å². The lowest BCUT2D eigenvalue weighted by Crippen LogP contribution is -2.62. The van der Waals surface area contributed by atoms with Crippen LogP contribution in [0.1, 0.15) is 47.3 Å². The highest BCUT2D eigenvalue weighted by molar-refractivity contribution is 6.03. The number of anilines is 2. The van der Waals surface area contributed by atoms with Crippen LogP contribution in [-0.2, 0) is 15.9 Å². The van der Waals surface area contributed by atoms with E-state index in [0.29, 0.717) is 24.7 Å². The van der Waals surface area contributed by atoms with E-state index in [1.807, 2.05) is 25.1 Å². The van der Waals surface area contributed by atoms with Crippen LogP contribution in [0.3, 0.4) is 0 Å². The number of aromatic nitrogens is 2. The van der Waals surface area contributed by atoms with Gasteiger partial charge < -0.3 is 31.2 Å². The molecule has 5 rings (SSSR count). The molecule has 2 aliphatic heterocycles. The maximum absolute atomic E-state index is 13.5. The summed E-state index contributed by atoms with van der Waals surface area (Å²) in [5.74, 6) is 0.326. The second-order valence-electron chi connectivity index (χ2n) is 10.6. The van der Waals surface area contributed by atoms with Crippen molar-refractivity contribution < 1.29 is 19.1 Å². The van der Waals surface area contributed by atoms with Crippen molar-refractivity contribution in [3.63, 3.8) is 0 Å². The maximum Gasteiger partial charge on any atom is 0.407 e. The lowest BCUT2D eigenvalue weighted by atomic mass is 9.89. The molecule has 10 heteroatoms. The molecule has 1 amide bonds. The molecular formula is C29H36N6O4. The van der Waals surface area contributed by atoms with E-state index in [-0.39, 0.29) is 35.9 Å². The van der Waals surface area contributed by atoms with Crippen LogP contribution < -0.4 is 21.7 Å². The summed E-state index contributed by atoms with van der Waals surface area (Å²) in [5, 5.41) is 3.76. The minimum atomic E-state index is -0.494. The predicted octanol–water partition coefficient (Wildman–Crippen LogP) is 3.04. The maximum atomic E-state index is 13.5. The molecule has 2 aliphatic rings. The van der Waals surface area contributed by atoms with Gasteiger partial charge in [-0.1, -0.05) is 19.1 Å². The highest BCUT2D eigenvalue weighted by Gasteiger charge is 2.34. The monoisotopic (exact) mass is 532 g/mol. The molecule has 0 bridgehead atoms. The second-order valence-corrected chi connectivity index (χ2v) is 10.6. The molecule has 3 aromatic rings. The van der Waals surface area contributed by atoms with Crippen molar-refractivity contribution in [2.24, 2.45) is 11.7 Å². The number of ether oxygens (including phenoxy) is 2. The van der Waals surface area contributed by atoms with Crippen molar-refractivity contribution >= 4 is 34.2 Å². The Morgan fingerprint density at radius 2 is 1.97 bits per heavy atom. The van der Waals surface area contributed by atoms with Crippen molar-refractivity contribution in [2.75, 3.05) is 44.0 Å². The van der Waals surface area contributed by atoms with E-state index in [4.69, 9.17) is 25.9 Å². The summed E-state index contributed by atoms with van der Waals surface area (Å²) in [6.07, 6.45) is 4.99. The summed E-state index contributed by atoms with van der Waals surface area (Å²) in [5.41, 5.74) is 17.1. The van der Waals surface area contributed by atoms with Crippen molar-refractivity contribution in [1.82, 2.24) is 15.3 Å². The Labute approximate surface area is 228 Å². The fraction of sp³-hybridized carbons (Fsp3) is 0.448. The lowest BCUT2D eigenvalue weighted by Gasteiger charge is -2.42. The van der Waals surface area contributed by atoms with Gasteiger partial charge in [0.05, 0.1) is 24.4 Å². The van der Waals surface area contributed by atoms with Gasteiger partial charge in [0.15, 0.2) is 5.78 Å². The van der Waals surface area contributed by atoms with Crippen molar-refractivity contribution in [2.45, 2.75) is 44.2 Å². The average Bonchev–Trinajstić information content (AvgIpc) is 2.94. The first-order valence-electron chi connectivity index (χ1n) is 13.4. The van der Waals surface area contributed by atoms with Gasteiger partial charge in [-0.2, -0.15) is 0 Å². The third kappa shape index (κ3) is 5.81. The molecule has 4 heterocycles. The molecule has 39 heavy (non-hydrogen) atoms. The summed E-state index contributed by atoms with van der Waals surface area (Å²) < 4.78 is 10.3. The molecule has 1 aromatic carbocycles. The van der Waals surface area contributed by atoms with E-state index in [1.165, 1.54) is 12.7 Å². The Balaban J connectivity index is 1.36. The smallest absolute Gasteiger partial charge is 0.407 e. The Kier molecular flexibility index (Phi) is 7.94. The zero-order chi connectivity index (χ0) is 27.5. The van der Waals surface area contributed by atoms with Gasteiger partial charge in [0.25, 0.3) is 0 Å². The standard InChI is InChI=1S/C29H36N6O4/c1-17-15-35(16-23(31)27(17)34-29(37)38-2)25-5-8-32-14-21(25)13-26(36)28-22(30)11-20-4-3-19(12-24(20)33-28)18-6-9-39-10-7-18/h3-5,8,11-12,14,17-18,23,27H,6-7,9-10,13,15-16,30-31H2,1-2H3,(H,34,37)/t17-,23+,27-/m0/s1. The van der Waals surface area contributed by atoms with E-state index < -0.39 is 6.09 Å². The highest BCUT2D eigenvalue weighted by atomic mass is 16.5. The number of hydrogen-bond acceptors (Lipinski definition) is 9. The molecule has 3 atom stereocenters. The van der Waals surface area contributed by atoms with Crippen LogP contribution in [0.4, 0.5) is 16.2 Å². The van der Waals surface area contributed by atoms with Crippen LogP contribution in [0, 0.1) is 5.92 Å². The number of nitrogens with one attached hydrogen (secondary N) is 1. The molecule has 0 saturated carbocycles. The average molecular weight is 533 g/mol. The lowest BCUT2D eigenvalue weighted by molar-refractivity contribution is 0.0853. The third-order valence-corrected chi connectivity index (χ3v) is 7.88. The van der Waals surface area contributed by atoms with E-state index in [1.54, 1.807) is 12.4 Å². The van der Waals surface area contributed by atoms with Crippen molar-refractivity contribution in [3.05, 3.63) is 59.5 Å². The first kappa shape index (κ1) is 26.8. The number of methoxy groups -OCH3 is 1. The van der Waals surface area contributed by atoms with Gasteiger partial charge in [-0.3, -0.25) is 9.78 Å². The van der Waals surface area contributed by atoms with Crippen molar-refractivity contribution in [1.29, 1.82) is 0 Å². The normalized spacial score (nSPS) is 22.0. The molecule has 5 N–H and O–H groups in total. The molecule has 0 spiro atoms. The largest absolute Gasteiger partial charge is 0.453 e. The minimum Gasteiger partial charge on any atom is -0.453 e. The summed E-state index contributed by atoms with van der Waals surface area (Å²) in [6.45, 7) is 4.72. The fourth-order valence-corrected chi connectivity index (χ4v) is 5.80. The molecule has 2 saturated heterocycles. The Morgan fingerprint density at radius 1 is 1.18 bits per heavy atom. The molecular weight excluding hydrogens is 496 g/mol. The van der Waals surface area contributed by atoms with Crippen LogP contribution in [0.5, 0.6) is 0 Å². The van der Waals surface area contributed by atoms with E-state index in [2.05, 4.69) is 27.3 Å². The van der Waals surface area contributed by atoms with Crippen LogP contribution in [-0.4, -0.2) is 67.3 Å². The Hall–Kier alpha value is -3.76. The number of rotatable bonds is 6. The number of alkyl carbamates (subject to hydrolysis) is 1. The van der Waals surface area contributed by atoms with E-state index in [0.717, 1.165) is 48.2 Å². The number of nitrogen functional groups attached to an aromatic ring is 1. The second kappa shape index (κ2) is 11.5. The first-order chi connectivity index (χ1) is 18.8. The number of ketones is 1. The fourth-order valence-electron chi connectivity index (χ4n) is 5.80. The van der Waals surface area contributed by atoms with Crippen molar-refractivity contribution in [3.8, 4) is 0 Å². The molecule has 10 nitrogen and oxygen atoms in total. The quantitative estimate of drug-likeness (QED) is 0.408. The van der Waals surface area contributed by atoms with Gasteiger partial charge in [-0.05, 0) is 48.4 Å². The van der Waals surface area contributed by atoms with Crippen LogP contribution in [0.2, 0.25) is 0 Å². The summed E-state index contributed by atoms with van der Waals surface area (Å²) in [6, 6.07) is 9.42. The number of nitrogens with two attached hydrogens (primary N) is 2. The topological polar surface area (TPSA) is 146 Å². The number of fused-ring (bicyclic) bond motifs is 1. The summed E-state index contributed by atoms with van der Waals surface area (Å²) in [4.78, 5) is 36.5. The predicted molar refractivity (Wildman–Crippen MR) is 150 cm³/mol. The zero-order valence-electron chi connectivity index (χ0n) is 22.4. The van der Waals surface area contributed by atoms with Crippen LogP contribution in [0.15, 0.2) is 42.7 Å². The van der Waals surface area contributed by atoms with Gasteiger partial charge >= 0.3 is 6.09 Å². The first-order valence-corrected chi connectivity index (χ1v) is 13.4. The number of hydrogen-bond donors (Lipinski definition) is 3. The van der Waals surface area contributed by atoms with Gasteiger partial charge in [-0.25, -0.2) is 9.78 Å². The molecule has 206 valence electrons. The molecule has 2 aromatic heterocycles.